The van der Waals surface area contributed by atoms with E-state index in [2.05, 4.69) is 41.7 Å². The second kappa shape index (κ2) is 4.81. The number of carbonyl (C=O) groups excluding carboxylic acids is 1. The maximum atomic E-state index is 12.6. The van der Waals surface area contributed by atoms with Crippen LogP contribution in [-0.2, 0) is 6.54 Å². The normalized spacial score (nSPS) is 18.7. The first kappa shape index (κ1) is 12.4. The fourth-order valence-electron chi connectivity index (χ4n) is 2.81. The van der Waals surface area contributed by atoms with Crippen LogP contribution in [0.5, 0.6) is 0 Å². The van der Waals surface area contributed by atoms with Crippen LogP contribution in [0.15, 0.2) is 29.2 Å². The standard InChI is InChI=1S/C14H17N3OS/c1-10(2)13-12-4-3-5-16(12)6-7-17(13)14(18)11-8-19-9-15-11/h3-5,8-10,13H,6-7H2,1-2H3. The molecule has 3 heterocycles. The Labute approximate surface area is 116 Å². The molecule has 5 heteroatoms. The van der Waals surface area contributed by atoms with Crippen LogP contribution in [0.1, 0.15) is 36.1 Å². The fraction of sp³-hybridized carbons (Fsp3) is 0.429. The summed E-state index contributed by atoms with van der Waals surface area (Å²) >= 11 is 1.46. The predicted molar refractivity (Wildman–Crippen MR) is 75.2 cm³/mol. The molecule has 0 N–H and O–H groups in total. The van der Waals surface area contributed by atoms with Gasteiger partial charge in [0.1, 0.15) is 5.69 Å². The molecule has 0 saturated carbocycles. The lowest BCUT2D eigenvalue weighted by Gasteiger charge is -2.39. The van der Waals surface area contributed by atoms with E-state index >= 15 is 0 Å². The minimum atomic E-state index is 0.0485. The van der Waals surface area contributed by atoms with Gasteiger partial charge in [-0.25, -0.2) is 4.98 Å². The highest BCUT2D eigenvalue weighted by Crippen LogP contribution is 2.33. The van der Waals surface area contributed by atoms with Crippen LogP contribution in [0.3, 0.4) is 0 Å². The van der Waals surface area contributed by atoms with Crippen LogP contribution in [-0.4, -0.2) is 26.9 Å². The average molecular weight is 275 g/mol. The molecule has 0 saturated heterocycles. The van der Waals surface area contributed by atoms with Crippen LogP contribution >= 0.6 is 11.3 Å². The second-order valence-corrected chi connectivity index (χ2v) is 5.91. The van der Waals surface area contributed by atoms with Crippen molar-refractivity contribution in [1.82, 2.24) is 14.5 Å². The summed E-state index contributed by atoms with van der Waals surface area (Å²) in [6.45, 7) is 5.94. The molecule has 0 aromatic carbocycles. The molecule has 0 radical (unpaired) electrons. The van der Waals surface area contributed by atoms with Gasteiger partial charge in [-0.1, -0.05) is 13.8 Å². The SMILES string of the molecule is CC(C)C1c2cccn2CCN1C(=O)c1cscn1. The number of thiazole rings is 1. The molecule has 2 aromatic rings. The zero-order chi connectivity index (χ0) is 13.4. The van der Waals surface area contributed by atoms with E-state index in [9.17, 15) is 4.79 Å². The van der Waals surface area contributed by atoms with Crippen LogP contribution in [0.2, 0.25) is 0 Å². The zero-order valence-electron chi connectivity index (χ0n) is 11.1. The van der Waals surface area contributed by atoms with Gasteiger partial charge in [0.05, 0.1) is 11.6 Å². The molecule has 3 rings (SSSR count). The van der Waals surface area contributed by atoms with Gasteiger partial charge in [-0.15, -0.1) is 11.3 Å². The first-order valence-corrected chi connectivity index (χ1v) is 7.47. The smallest absolute Gasteiger partial charge is 0.273 e. The average Bonchev–Trinajstić information content (AvgIpc) is 3.06. The highest BCUT2D eigenvalue weighted by Gasteiger charge is 2.33. The number of hydrogen-bond acceptors (Lipinski definition) is 3. The lowest BCUT2D eigenvalue weighted by Crippen LogP contribution is -2.44. The van der Waals surface area contributed by atoms with Crippen molar-refractivity contribution in [2.24, 2.45) is 5.92 Å². The van der Waals surface area contributed by atoms with Gasteiger partial charge in [-0.3, -0.25) is 4.79 Å². The van der Waals surface area contributed by atoms with E-state index in [0.717, 1.165) is 13.1 Å². The Hall–Kier alpha value is -1.62. The number of aromatic nitrogens is 2. The minimum absolute atomic E-state index is 0.0485. The third-order valence-corrected chi connectivity index (χ3v) is 4.22. The lowest BCUT2D eigenvalue weighted by molar-refractivity contribution is 0.0551. The third kappa shape index (κ3) is 2.08. The summed E-state index contributed by atoms with van der Waals surface area (Å²) in [5.41, 5.74) is 3.50. The molecule has 2 aromatic heterocycles. The Morgan fingerprint density at radius 3 is 3.00 bits per heavy atom. The van der Waals surface area contributed by atoms with Crippen molar-refractivity contribution < 1.29 is 4.79 Å². The van der Waals surface area contributed by atoms with E-state index in [-0.39, 0.29) is 11.9 Å². The van der Waals surface area contributed by atoms with Gasteiger partial charge in [0.25, 0.3) is 5.91 Å². The molecule has 1 amide bonds. The van der Waals surface area contributed by atoms with Crippen LogP contribution < -0.4 is 0 Å². The van der Waals surface area contributed by atoms with E-state index in [0.29, 0.717) is 11.6 Å². The largest absolute Gasteiger partial charge is 0.348 e. The van der Waals surface area contributed by atoms with Gasteiger partial charge in [-0.05, 0) is 18.1 Å². The summed E-state index contributed by atoms with van der Waals surface area (Å²) in [5.74, 6) is 0.434. The number of hydrogen-bond donors (Lipinski definition) is 0. The van der Waals surface area contributed by atoms with Crippen molar-refractivity contribution in [2.75, 3.05) is 6.54 Å². The molecule has 1 atom stereocenters. The van der Waals surface area contributed by atoms with E-state index in [1.807, 2.05) is 10.3 Å². The predicted octanol–water partition coefficient (Wildman–Crippen LogP) is 2.80. The van der Waals surface area contributed by atoms with E-state index in [4.69, 9.17) is 0 Å². The molecule has 0 spiro atoms. The van der Waals surface area contributed by atoms with Crippen LogP contribution in [0, 0.1) is 5.92 Å². The summed E-state index contributed by atoms with van der Waals surface area (Å²) < 4.78 is 2.25. The van der Waals surface area contributed by atoms with Crippen molar-refractivity contribution in [3.05, 3.63) is 40.6 Å². The molecule has 1 unspecified atom stereocenters. The first-order valence-electron chi connectivity index (χ1n) is 6.52. The second-order valence-electron chi connectivity index (χ2n) is 5.19. The number of nitrogens with zero attached hydrogens (tertiary/aromatic N) is 3. The summed E-state index contributed by atoms with van der Waals surface area (Å²) in [4.78, 5) is 18.7. The van der Waals surface area contributed by atoms with Crippen molar-refractivity contribution in [3.63, 3.8) is 0 Å². The molecule has 4 nitrogen and oxygen atoms in total. The van der Waals surface area contributed by atoms with Gasteiger partial charge in [0, 0.05) is 30.4 Å². The highest BCUT2D eigenvalue weighted by atomic mass is 32.1. The topological polar surface area (TPSA) is 38.1 Å². The van der Waals surface area contributed by atoms with Gasteiger partial charge >= 0.3 is 0 Å². The van der Waals surface area contributed by atoms with Crippen molar-refractivity contribution >= 4 is 17.2 Å². The lowest BCUT2D eigenvalue weighted by atomic mass is 9.97. The van der Waals surface area contributed by atoms with Crippen LogP contribution in [0.4, 0.5) is 0 Å². The molecule has 0 aliphatic carbocycles. The monoisotopic (exact) mass is 275 g/mol. The summed E-state index contributed by atoms with van der Waals surface area (Å²) in [7, 11) is 0. The molecule has 0 fully saturated rings. The number of amides is 1. The maximum Gasteiger partial charge on any atom is 0.273 e. The molecular weight excluding hydrogens is 258 g/mol. The Bertz CT molecular complexity index is 573. The van der Waals surface area contributed by atoms with Crippen molar-refractivity contribution in [1.29, 1.82) is 0 Å². The quantitative estimate of drug-likeness (QED) is 0.845. The van der Waals surface area contributed by atoms with E-state index in [1.54, 1.807) is 5.51 Å². The summed E-state index contributed by atoms with van der Waals surface area (Å²) in [5, 5.41) is 1.83. The number of carbonyl (C=O) groups is 1. The van der Waals surface area contributed by atoms with Gasteiger partial charge in [-0.2, -0.15) is 0 Å². The van der Waals surface area contributed by atoms with Crippen molar-refractivity contribution in [2.45, 2.75) is 26.4 Å². The molecule has 1 aliphatic rings. The number of rotatable bonds is 2. The van der Waals surface area contributed by atoms with Gasteiger partial charge < -0.3 is 9.47 Å². The van der Waals surface area contributed by atoms with Crippen molar-refractivity contribution in [3.8, 4) is 0 Å². The Kier molecular flexibility index (Phi) is 3.14. The fourth-order valence-corrected chi connectivity index (χ4v) is 3.33. The van der Waals surface area contributed by atoms with E-state index in [1.165, 1.54) is 17.0 Å². The minimum Gasteiger partial charge on any atom is -0.348 e. The molecule has 1 aliphatic heterocycles. The third-order valence-electron chi connectivity index (χ3n) is 3.63. The Morgan fingerprint density at radius 2 is 2.32 bits per heavy atom. The summed E-state index contributed by atoms with van der Waals surface area (Å²) in [6.07, 6.45) is 2.09. The highest BCUT2D eigenvalue weighted by molar-refractivity contribution is 7.07. The Morgan fingerprint density at radius 1 is 1.47 bits per heavy atom. The van der Waals surface area contributed by atoms with Gasteiger partial charge in [0.15, 0.2) is 0 Å². The van der Waals surface area contributed by atoms with Gasteiger partial charge in [0.2, 0.25) is 0 Å². The number of fused-ring (bicyclic) bond motifs is 1. The zero-order valence-corrected chi connectivity index (χ0v) is 11.9. The molecule has 0 bridgehead atoms. The van der Waals surface area contributed by atoms with E-state index < -0.39 is 0 Å². The Balaban J connectivity index is 1.96. The molecule has 19 heavy (non-hydrogen) atoms. The molecule has 100 valence electrons. The van der Waals surface area contributed by atoms with Crippen LogP contribution in [0.25, 0.3) is 0 Å². The molecular formula is C14H17N3OS. The summed E-state index contributed by atoms with van der Waals surface area (Å²) in [6, 6.07) is 4.31. The maximum absolute atomic E-state index is 12.6. The first-order chi connectivity index (χ1) is 9.18.